The van der Waals surface area contributed by atoms with E-state index in [1.165, 1.54) is 12.1 Å². The third kappa shape index (κ3) is 4.40. The summed E-state index contributed by atoms with van der Waals surface area (Å²) in [6, 6.07) is 7.99. The van der Waals surface area contributed by atoms with E-state index < -0.39 is 6.09 Å². The fourth-order valence-corrected chi connectivity index (χ4v) is 6.16. The number of carbonyl (C=O) groups excluding carboxylic acids is 2. The van der Waals surface area contributed by atoms with Crippen LogP contribution in [0.2, 0.25) is 0 Å². The lowest BCUT2D eigenvalue weighted by atomic mass is 9.78. The Balaban J connectivity index is 1.42. The number of rotatable bonds is 4. The van der Waals surface area contributed by atoms with Crippen LogP contribution in [0.1, 0.15) is 43.8 Å². The van der Waals surface area contributed by atoms with E-state index in [4.69, 9.17) is 14.5 Å². The molecule has 1 aromatic heterocycles. The van der Waals surface area contributed by atoms with Crippen LogP contribution >= 0.6 is 15.9 Å². The number of nitrogens with zero attached hydrogens (tertiary/aromatic N) is 2. The van der Waals surface area contributed by atoms with Crippen molar-refractivity contribution in [3.63, 3.8) is 0 Å². The summed E-state index contributed by atoms with van der Waals surface area (Å²) in [5.74, 6) is 1.35. The number of aromatic nitrogens is 2. The zero-order valence-electron chi connectivity index (χ0n) is 18.6. The van der Waals surface area contributed by atoms with Crippen molar-refractivity contribution in [2.75, 3.05) is 20.3 Å². The van der Waals surface area contributed by atoms with Crippen molar-refractivity contribution in [3.05, 3.63) is 40.8 Å². The van der Waals surface area contributed by atoms with Gasteiger partial charge in [0.05, 0.1) is 31.0 Å². The molecule has 0 radical (unpaired) electrons. The number of carbonyl (C=O) groups is 2. The number of nitrogens with one attached hydrogen (secondary N) is 2. The average Bonchev–Trinajstić information content (AvgIpc) is 3.59. The molecule has 2 N–H and O–H groups in total. The Hall–Kier alpha value is -2.39. The first-order valence-corrected chi connectivity index (χ1v) is 12.4. The van der Waals surface area contributed by atoms with Gasteiger partial charge in [-0.05, 0) is 61.6 Å². The number of halogens is 1. The highest BCUT2D eigenvalue weighted by Crippen LogP contribution is 2.56. The first-order chi connectivity index (χ1) is 16.0. The molecule has 3 aliphatic rings. The van der Waals surface area contributed by atoms with Gasteiger partial charge in [-0.2, -0.15) is 0 Å². The average molecular weight is 517 g/mol. The predicted molar refractivity (Wildman–Crippen MR) is 125 cm³/mol. The topological polar surface area (TPSA) is 96.5 Å². The number of amides is 2. The molecule has 3 fully saturated rings. The van der Waals surface area contributed by atoms with Gasteiger partial charge in [0.25, 0.3) is 0 Å². The van der Waals surface area contributed by atoms with E-state index >= 15 is 0 Å². The Morgan fingerprint density at radius 1 is 1.15 bits per heavy atom. The number of fused-ring (bicyclic) bond motifs is 2. The summed E-state index contributed by atoms with van der Waals surface area (Å²) in [6.45, 7) is 1.15. The van der Waals surface area contributed by atoms with Crippen LogP contribution in [0.5, 0.6) is 0 Å². The molecule has 2 heterocycles. The van der Waals surface area contributed by atoms with Crippen LogP contribution in [0.3, 0.4) is 0 Å². The highest BCUT2D eigenvalue weighted by Gasteiger charge is 2.54. The van der Waals surface area contributed by atoms with Crippen molar-refractivity contribution < 1.29 is 19.1 Å². The van der Waals surface area contributed by atoms with E-state index in [-0.39, 0.29) is 23.8 Å². The van der Waals surface area contributed by atoms with Crippen LogP contribution in [0.15, 0.2) is 34.9 Å². The molecule has 2 amide bonds. The van der Waals surface area contributed by atoms with Crippen molar-refractivity contribution in [2.45, 2.75) is 44.1 Å². The Morgan fingerprint density at radius 2 is 1.88 bits per heavy atom. The lowest BCUT2D eigenvalue weighted by Gasteiger charge is -2.38. The number of ether oxygens (including phenoxy) is 2. The first kappa shape index (κ1) is 22.4. The third-order valence-corrected chi connectivity index (χ3v) is 7.99. The second kappa shape index (κ2) is 9.46. The van der Waals surface area contributed by atoms with E-state index in [9.17, 15) is 9.59 Å². The number of H-pyrrole nitrogens is 1. The number of methoxy groups -OCH3 is 1. The molecular formula is C24H29BrN4O4. The molecule has 2 saturated carbocycles. The molecule has 5 rings (SSSR count). The maximum absolute atomic E-state index is 14.0. The maximum atomic E-state index is 14.0. The summed E-state index contributed by atoms with van der Waals surface area (Å²) >= 11 is 3.48. The molecule has 1 aliphatic heterocycles. The molecule has 33 heavy (non-hydrogen) atoms. The molecule has 0 spiro atoms. The molecule has 8 nitrogen and oxygen atoms in total. The number of aromatic amines is 1. The van der Waals surface area contributed by atoms with Gasteiger partial charge in [0.1, 0.15) is 5.82 Å². The SMILES string of the molecule is COC(=O)NN(C(=O)[C@H]1C2CCC(C2)[C@@H]1c1ncc(-c2ccc(Br)cc2)[nH]1)C1CCOCC1. The number of hydrogen-bond acceptors (Lipinski definition) is 5. The van der Waals surface area contributed by atoms with E-state index in [0.717, 1.165) is 40.8 Å². The molecule has 9 heteroatoms. The van der Waals surface area contributed by atoms with Gasteiger partial charge in [-0.15, -0.1) is 0 Å². The Bertz CT molecular complexity index is 1000. The summed E-state index contributed by atoms with van der Waals surface area (Å²) < 4.78 is 11.3. The molecular weight excluding hydrogens is 488 g/mol. The number of imidazole rings is 1. The van der Waals surface area contributed by atoms with Crippen LogP contribution in [0.25, 0.3) is 11.3 Å². The van der Waals surface area contributed by atoms with Crippen LogP contribution < -0.4 is 5.43 Å². The van der Waals surface area contributed by atoms with Crippen molar-refractivity contribution in [2.24, 2.45) is 17.8 Å². The molecule has 1 saturated heterocycles. The minimum absolute atomic E-state index is 0.0160. The van der Waals surface area contributed by atoms with Gasteiger partial charge >= 0.3 is 6.09 Å². The number of benzene rings is 1. The molecule has 2 aliphatic carbocycles. The van der Waals surface area contributed by atoms with Gasteiger partial charge < -0.3 is 14.5 Å². The summed E-state index contributed by atoms with van der Waals surface area (Å²) in [4.78, 5) is 34.3. The lowest BCUT2D eigenvalue weighted by molar-refractivity contribution is -0.146. The van der Waals surface area contributed by atoms with E-state index in [1.807, 2.05) is 30.5 Å². The molecule has 1 aromatic carbocycles. The zero-order valence-corrected chi connectivity index (χ0v) is 20.2. The van der Waals surface area contributed by atoms with E-state index in [0.29, 0.717) is 37.9 Å². The zero-order chi connectivity index (χ0) is 22.9. The minimum atomic E-state index is -0.620. The third-order valence-electron chi connectivity index (χ3n) is 7.46. The van der Waals surface area contributed by atoms with Crippen LogP contribution in [0.4, 0.5) is 4.79 Å². The second-order valence-electron chi connectivity index (χ2n) is 9.23. The fourth-order valence-electron chi connectivity index (χ4n) is 5.90. The van der Waals surface area contributed by atoms with E-state index in [1.54, 1.807) is 0 Å². The standard InChI is InChI=1S/C24H29BrN4O4/c1-32-24(31)28-29(18-8-10-33-11-9-18)23(30)21-16-3-2-15(12-16)20(21)22-26-13-19(27-22)14-4-6-17(25)7-5-14/h4-7,13,15-16,18,20-21H,2-3,8-12H2,1H3,(H,26,27)(H,28,31)/t15?,16?,20-,21-/m0/s1. The van der Waals surface area contributed by atoms with Crippen molar-refractivity contribution in [1.29, 1.82) is 0 Å². The Kier molecular flexibility index (Phi) is 6.42. The fraction of sp³-hybridized carbons (Fsp3) is 0.542. The minimum Gasteiger partial charge on any atom is -0.452 e. The van der Waals surface area contributed by atoms with Crippen molar-refractivity contribution in [3.8, 4) is 11.3 Å². The molecule has 4 atom stereocenters. The van der Waals surface area contributed by atoms with Gasteiger partial charge in [-0.3, -0.25) is 4.79 Å². The number of hydrogen-bond donors (Lipinski definition) is 2. The van der Waals surface area contributed by atoms with Crippen LogP contribution in [-0.4, -0.2) is 53.3 Å². The van der Waals surface area contributed by atoms with Gasteiger partial charge in [0, 0.05) is 23.6 Å². The second-order valence-corrected chi connectivity index (χ2v) is 10.1. The Labute approximate surface area is 201 Å². The quantitative estimate of drug-likeness (QED) is 0.592. The molecule has 2 bridgehead atoms. The van der Waals surface area contributed by atoms with Gasteiger partial charge in [0.2, 0.25) is 5.91 Å². The maximum Gasteiger partial charge on any atom is 0.425 e. The number of hydrazine groups is 1. The smallest absolute Gasteiger partial charge is 0.425 e. The highest BCUT2D eigenvalue weighted by molar-refractivity contribution is 9.10. The summed E-state index contributed by atoms with van der Waals surface area (Å²) in [5.41, 5.74) is 4.71. The molecule has 2 aromatic rings. The van der Waals surface area contributed by atoms with Gasteiger partial charge in [0.15, 0.2) is 0 Å². The molecule has 2 unspecified atom stereocenters. The lowest BCUT2D eigenvalue weighted by Crippen LogP contribution is -2.56. The molecule has 176 valence electrons. The van der Waals surface area contributed by atoms with Crippen LogP contribution in [0, 0.1) is 17.8 Å². The van der Waals surface area contributed by atoms with Crippen molar-refractivity contribution in [1.82, 2.24) is 20.4 Å². The summed E-state index contributed by atoms with van der Waals surface area (Å²) in [6.07, 6.45) is 5.78. The highest BCUT2D eigenvalue weighted by atomic mass is 79.9. The normalized spacial score (nSPS) is 26.8. The van der Waals surface area contributed by atoms with Crippen molar-refractivity contribution >= 4 is 27.9 Å². The largest absolute Gasteiger partial charge is 0.452 e. The summed E-state index contributed by atoms with van der Waals surface area (Å²) in [5, 5.41) is 1.53. The van der Waals surface area contributed by atoms with Crippen LogP contribution in [-0.2, 0) is 14.3 Å². The Morgan fingerprint density at radius 3 is 2.61 bits per heavy atom. The van der Waals surface area contributed by atoms with Gasteiger partial charge in [-0.25, -0.2) is 20.2 Å². The predicted octanol–water partition coefficient (Wildman–Crippen LogP) is 4.25. The van der Waals surface area contributed by atoms with E-state index in [2.05, 4.69) is 26.3 Å². The summed E-state index contributed by atoms with van der Waals surface area (Å²) in [7, 11) is 1.31. The van der Waals surface area contributed by atoms with Gasteiger partial charge in [-0.1, -0.05) is 28.1 Å². The monoisotopic (exact) mass is 516 g/mol. The first-order valence-electron chi connectivity index (χ1n) is 11.6.